The smallest absolute Gasteiger partial charge is 0.392 e. The van der Waals surface area contributed by atoms with E-state index in [9.17, 15) is 13.6 Å². The van der Waals surface area contributed by atoms with Gasteiger partial charge in [-0.05, 0) is 26.0 Å². The summed E-state index contributed by atoms with van der Waals surface area (Å²) in [7, 11) is 0. The topological polar surface area (TPSA) is 35.5 Å². The highest BCUT2D eigenvalue weighted by molar-refractivity contribution is 6.20. The number of benzene rings is 2. The van der Waals surface area contributed by atoms with Gasteiger partial charge in [0.1, 0.15) is 0 Å². The third-order valence-electron chi connectivity index (χ3n) is 3.23. The quantitative estimate of drug-likeness (QED) is 0.366. The molecule has 0 saturated heterocycles. The maximum absolute atomic E-state index is 14.2. The van der Waals surface area contributed by atoms with E-state index < -0.39 is 28.5 Å². The van der Waals surface area contributed by atoms with Crippen LogP contribution in [0.15, 0.2) is 36.4 Å². The third kappa shape index (κ3) is 4.16. The molecule has 0 saturated carbocycles. The summed E-state index contributed by atoms with van der Waals surface area (Å²) in [6, 6.07) is 8.39. The number of hydrogen-bond donors (Lipinski definition) is 0. The fourth-order valence-corrected chi connectivity index (χ4v) is 2.37. The summed E-state index contributed by atoms with van der Waals surface area (Å²) in [5, 5.41) is -1.21. The Hall–Kier alpha value is -1.85. The van der Waals surface area contributed by atoms with Crippen LogP contribution in [0.5, 0.6) is 11.5 Å². The molecule has 0 aliphatic heterocycles. The Morgan fingerprint density at radius 1 is 0.875 bits per heavy atom. The Morgan fingerprint density at radius 3 is 1.58 bits per heavy atom. The highest BCUT2D eigenvalue weighted by Gasteiger charge is 2.19. The van der Waals surface area contributed by atoms with Crippen LogP contribution in [0.25, 0.3) is 0 Å². The molecule has 0 radical (unpaired) electrons. The number of carbonyl (C=O) groups is 1. The molecule has 0 heterocycles. The molecule has 0 amide bonds. The van der Waals surface area contributed by atoms with Crippen molar-refractivity contribution in [2.45, 2.75) is 24.6 Å². The predicted octanol–water partition coefficient (Wildman–Crippen LogP) is 6.14. The maximum atomic E-state index is 14.2. The van der Waals surface area contributed by atoms with Crippen LogP contribution in [0.3, 0.4) is 0 Å². The first-order valence-corrected chi connectivity index (χ1v) is 7.93. The summed E-state index contributed by atoms with van der Waals surface area (Å²) in [5.41, 5.74) is 0.345. The highest BCUT2D eigenvalue weighted by atomic mass is 35.5. The molecule has 2 unspecified atom stereocenters. The fraction of sp³-hybridized carbons (Fsp3) is 0.235. The maximum Gasteiger partial charge on any atom is 0.519 e. The number of ether oxygens (including phenoxy) is 2. The van der Waals surface area contributed by atoms with Crippen LogP contribution < -0.4 is 9.47 Å². The molecule has 0 N–H and O–H groups in total. The van der Waals surface area contributed by atoms with E-state index in [2.05, 4.69) is 0 Å². The summed E-state index contributed by atoms with van der Waals surface area (Å²) in [6.07, 6.45) is -1.27. The van der Waals surface area contributed by atoms with Crippen molar-refractivity contribution in [3.05, 3.63) is 59.2 Å². The number of hydrogen-bond acceptors (Lipinski definition) is 3. The molecule has 128 valence electrons. The van der Waals surface area contributed by atoms with Crippen LogP contribution in [0.4, 0.5) is 13.6 Å². The van der Waals surface area contributed by atoms with Crippen LogP contribution in [-0.2, 0) is 0 Å². The van der Waals surface area contributed by atoms with E-state index in [4.69, 9.17) is 32.7 Å². The van der Waals surface area contributed by atoms with Gasteiger partial charge in [-0.3, -0.25) is 0 Å². The molecule has 7 heteroatoms. The lowest BCUT2D eigenvalue weighted by molar-refractivity contribution is 0.147. The average Bonchev–Trinajstić information content (AvgIpc) is 2.50. The standard InChI is InChI=1S/C17H14Cl2F2O3/c1-9(18)11-5-3-7-13(15(11)20)23-17(22)24-14-8-4-6-12(10(2)19)16(14)21/h3-10H,1-2H3. The van der Waals surface area contributed by atoms with Gasteiger partial charge in [0.05, 0.1) is 10.8 Å². The molecule has 0 bridgehead atoms. The third-order valence-corrected chi connectivity index (χ3v) is 3.70. The van der Waals surface area contributed by atoms with Gasteiger partial charge in [0.15, 0.2) is 23.1 Å². The van der Waals surface area contributed by atoms with Crippen molar-refractivity contribution in [3.8, 4) is 11.5 Å². The van der Waals surface area contributed by atoms with Gasteiger partial charge >= 0.3 is 6.16 Å². The lowest BCUT2D eigenvalue weighted by Gasteiger charge is -2.12. The Labute approximate surface area is 148 Å². The van der Waals surface area contributed by atoms with Crippen molar-refractivity contribution in [1.29, 1.82) is 0 Å². The first kappa shape index (κ1) is 18.5. The predicted molar refractivity (Wildman–Crippen MR) is 88.0 cm³/mol. The lowest BCUT2D eigenvalue weighted by atomic mass is 10.1. The molecule has 0 spiro atoms. The van der Waals surface area contributed by atoms with Gasteiger partial charge in [0, 0.05) is 11.1 Å². The van der Waals surface area contributed by atoms with Gasteiger partial charge in [0.2, 0.25) is 0 Å². The molecule has 0 fully saturated rings. The monoisotopic (exact) mass is 374 g/mol. The zero-order chi connectivity index (χ0) is 17.9. The van der Waals surface area contributed by atoms with E-state index >= 15 is 0 Å². The first-order chi connectivity index (χ1) is 11.3. The van der Waals surface area contributed by atoms with Crippen LogP contribution >= 0.6 is 23.2 Å². The Balaban J connectivity index is 2.18. The van der Waals surface area contributed by atoms with E-state index in [1.165, 1.54) is 36.4 Å². The summed E-state index contributed by atoms with van der Waals surface area (Å²) >= 11 is 11.7. The molecule has 2 rings (SSSR count). The van der Waals surface area contributed by atoms with Crippen molar-refractivity contribution in [1.82, 2.24) is 0 Å². The molecule has 2 atom stereocenters. The SMILES string of the molecule is CC(Cl)c1cccc(OC(=O)Oc2cccc(C(C)Cl)c2F)c1F. The van der Waals surface area contributed by atoms with Gasteiger partial charge in [-0.2, -0.15) is 0 Å². The minimum atomic E-state index is -1.27. The largest absolute Gasteiger partial charge is 0.519 e. The van der Waals surface area contributed by atoms with Crippen molar-refractivity contribution in [2.24, 2.45) is 0 Å². The molecule has 2 aromatic carbocycles. The molecular weight excluding hydrogens is 361 g/mol. The van der Waals surface area contributed by atoms with Crippen molar-refractivity contribution >= 4 is 29.4 Å². The number of halogens is 4. The number of carbonyl (C=O) groups excluding carboxylic acids is 1. The first-order valence-electron chi connectivity index (χ1n) is 7.06. The second-order valence-corrected chi connectivity index (χ2v) is 6.31. The van der Waals surface area contributed by atoms with E-state index in [-0.39, 0.29) is 22.6 Å². The van der Waals surface area contributed by atoms with Crippen LogP contribution in [0.1, 0.15) is 35.7 Å². The van der Waals surface area contributed by atoms with Crippen LogP contribution in [0, 0.1) is 11.6 Å². The summed E-state index contributed by atoms with van der Waals surface area (Å²) in [4.78, 5) is 11.8. The van der Waals surface area contributed by atoms with Gasteiger partial charge in [0.25, 0.3) is 0 Å². The number of alkyl halides is 2. The highest BCUT2D eigenvalue weighted by Crippen LogP contribution is 2.30. The number of rotatable bonds is 4. The van der Waals surface area contributed by atoms with Crippen molar-refractivity contribution in [2.75, 3.05) is 0 Å². The van der Waals surface area contributed by atoms with Gasteiger partial charge in [-0.1, -0.05) is 24.3 Å². The minimum absolute atomic E-state index is 0.172. The van der Waals surface area contributed by atoms with E-state index in [1.807, 2.05) is 0 Å². The summed E-state index contributed by atoms with van der Waals surface area (Å²) in [5.74, 6) is -2.26. The second kappa shape index (κ2) is 7.81. The molecule has 2 aromatic rings. The average molecular weight is 375 g/mol. The Bertz CT molecular complexity index is 687. The van der Waals surface area contributed by atoms with Crippen LogP contribution in [-0.4, -0.2) is 6.16 Å². The summed E-state index contributed by atoms with van der Waals surface area (Å²) < 4.78 is 37.9. The lowest BCUT2D eigenvalue weighted by Crippen LogP contribution is -2.16. The molecule has 3 nitrogen and oxygen atoms in total. The molecule has 0 aliphatic rings. The van der Waals surface area contributed by atoms with Gasteiger partial charge < -0.3 is 9.47 Å². The molecule has 0 aliphatic carbocycles. The van der Waals surface area contributed by atoms with Crippen molar-refractivity contribution < 1.29 is 23.0 Å². The van der Waals surface area contributed by atoms with E-state index in [1.54, 1.807) is 13.8 Å². The Kier molecular flexibility index (Phi) is 6.02. The Morgan fingerprint density at radius 2 is 1.25 bits per heavy atom. The minimum Gasteiger partial charge on any atom is -0.392 e. The molecular formula is C17H14Cl2F2O3. The molecule has 24 heavy (non-hydrogen) atoms. The van der Waals surface area contributed by atoms with Crippen LogP contribution in [0.2, 0.25) is 0 Å². The second-order valence-electron chi connectivity index (χ2n) is 5.00. The molecule has 0 aromatic heterocycles. The normalized spacial score (nSPS) is 13.2. The zero-order valence-corrected chi connectivity index (χ0v) is 14.4. The fourth-order valence-electron chi connectivity index (χ4n) is 2.03. The van der Waals surface area contributed by atoms with Gasteiger partial charge in [-0.25, -0.2) is 13.6 Å². The zero-order valence-electron chi connectivity index (χ0n) is 12.9. The van der Waals surface area contributed by atoms with Crippen molar-refractivity contribution in [3.63, 3.8) is 0 Å². The van der Waals surface area contributed by atoms with Gasteiger partial charge in [-0.15, -0.1) is 23.2 Å². The van der Waals surface area contributed by atoms with E-state index in [0.29, 0.717) is 0 Å². The van der Waals surface area contributed by atoms with E-state index in [0.717, 1.165) is 0 Å². The summed E-state index contributed by atoms with van der Waals surface area (Å²) in [6.45, 7) is 3.16.